The number of esters is 1. The molecule has 0 aliphatic carbocycles. The Balaban J connectivity index is 2.24. The van der Waals surface area contributed by atoms with Crippen molar-refractivity contribution < 1.29 is 19.2 Å². The van der Waals surface area contributed by atoms with Gasteiger partial charge in [0.1, 0.15) is 6.04 Å². The molecule has 2 atom stereocenters. The van der Waals surface area contributed by atoms with Gasteiger partial charge in [-0.1, -0.05) is 30.8 Å². The van der Waals surface area contributed by atoms with Gasteiger partial charge in [0.25, 0.3) is 5.69 Å². The topological polar surface area (TPSA) is 102 Å². The van der Waals surface area contributed by atoms with Gasteiger partial charge in [0, 0.05) is 6.07 Å². The van der Waals surface area contributed by atoms with Crippen LogP contribution in [0.3, 0.4) is 0 Å². The smallest absolute Gasteiger partial charge is 0.338 e. The first-order chi connectivity index (χ1) is 12.4. The molecule has 1 aromatic carbocycles. The Labute approximate surface area is 154 Å². The lowest BCUT2D eigenvalue weighted by atomic mass is 9.93. The van der Waals surface area contributed by atoms with Gasteiger partial charge in [-0.15, -0.1) is 0 Å². The third-order valence-corrected chi connectivity index (χ3v) is 5.67. The summed E-state index contributed by atoms with van der Waals surface area (Å²) in [6, 6.07) is 5.16. The summed E-state index contributed by atoms with van der Waals surface area (Å²) in [5.74, 6) is -0.875. The van der Waals surface area contributed by atoms with E-state index in [0.29, 0.717) is 17.3 Å². The average molecular weight is 375 g/mol. The predicted molar refractivity (Wildman–Crippen MR) is 96.5 cm³/mol. The molecule has 0 saturated carbocycles. The molecular weight excluding hydrogens is 358 g/mol. The van der Waals surface area contributed by atoms with Crippen molar-refractivity contribution >= 4 is 34.5 Å². The lowest BCUT2D eigenvalue weighted by Gasteiger charge is -2.32. The Bertz CT molecular complexity index is 864. The van der Waals surface area contributed by atoms with Gasteiger partial charge in [0.2, 0.25) is 5.91 Å². The van der Waals surface area contributed by atoms with Crippen LogP contribution in [0.2, 0.25) is 0 Å². The number of fused-ring (bicyclic) bond motifs is 1. The first-order valence-corrected chi connectivity index (χ1v) is 8.89. The molecule has 0 spiro atoms. The molecule has 136 valence electrons. The third-order valence-electron chi connectivity index (χ3n) is 4.36. The number of nitro groups is 1. The van der Waals surface area contributed by atoms with Crippen LogP contribution >= 0.6 is 11.8 Å². The molecule has 0 bridgehead atoms. The molecule has 1 fully saturated rings. The van der Waals surface area contributed by atoms with Crippen molar-refractivity contribution in [1.82, 2.24) is 4.90 Å². The number of para-hydroxylation sites is 1. The highest BCUT2D eigenvalue weighted by Gasteiger charge is 2.48. The number of methoxy groups -OCH3 is 1. The Kier molecular flexibility index (Phi) is 4.82. The molecule has 0 aromatic heterocycles. The standard InChI is InChI=1S/C17H17N3O5S/c1-4-12-15(21)19-14(10-7-5-6-8-11(10)20(23)24)13(16(22)25-3)9(2)18-17(19)26-12/h5-8,12,14H,4H2,1-3H3/t12-,14+/m0/s1. The molecule has 2 aliphatic rings. The van der Waals surface area contributed by atoms with Gasteiger partial charge in [-0.25, -0.2) is 9.79 Å². The second kappa shape index (κ2) is 6.91. The van der Waals surface area contributed by atoms with Crippen molar-refractivity contribution in [3.05, 3.63) is 51.2 Å². The largest absolute Gasteiger partial charge is 0.466 e. The molecule has 26 heavy (non-hydrogen) atoms. The Hall–Kier alpha value is -2.68. The van der Waals surface area contributed by atoms with E-state index in [9.17, 15) is 19.7 Å². The Morgan fingerprint density at radius 2 is 2.12 bits per heavy atom. The summed E-state index contributed by atoms with van der Waals surface area (Å²) in [6.45, 7) is 3.53. The van der Waals surface area contributed by atoms with E-state index in [2.05, 4.69) is 4.99 Å². The van der Waals surface area contributed by atoms with Crippen molar-refractivity contribution in [1.29, 1.82) is 0 Å². The first kappa shape index (κ1) is 18.1. The van der Waals surface area contributed by atoms with Crippen molar-refractivity contribution in [2.75, 3.05) is 7.11 Å². The fourth-order valence-electron chi connectivity index (χ4n) is 3.14. The number of rotatable bonds is 4. The maximum absolute atomic E-state index is 12.9. The van der Waals surface area contributed by atoms with E-state index in [1.54, 1.807) is 25.1 Å². The normalized spacial score (nSPS) is 22.2. The van der Waals surface area contributed by atoms with E-state index < -0.39 is 16.9 Å². The molecule has 0 radical (unpaired) electrons. The summed E-state index contributed by atoms with van der Waals surface area (Å²) in [6.07, 6.45) is 0.592. The van der Waals surface area contributed by atoms with Gasteiger partial charge in [-0.2, -0.15) is 0 Å². The number of benzene rings is 1. The number of amides is 1. The van der Waals surface area contributed by atoms with Crippen LogP contribution in [-0.4, -0.2) is 39.2 Å². The van der Waals surface area contributed by atoms with Gasteiger partial charge >= 0.3 is 5.97 Å². The number of nitro benzene ring substituents is 1. The number of carbonyl (C=O) groups excluding carboxylic acids is 2. The summed E-state index contributed by atoms with van der Waals surface area (Å²) in [5, 5.41) is 11.6. The highest BCUT2D eigenvalue weighted by molar-refractivity contribution is 8.15. The van der Waals surface area contributed by atoms with Crippen LogP contribution in [0.4, 0.5) is 5.69 Å². The molecule has 9 heteroatoms. The summed E-state index contributed by atoms with van der Waals surface area (Å²) in [7, 11) is 1.23. The SMILES string of the molecule is CC[C@@H]1SC2=NC(C)=C(C(=O)OC)[C@@H](c3ccccc3[N+](=O)[O-])N2C1=O. The number of carbonyl (C=O) groups is 2. The molecule has 1 amide bonds. The third kappa shape index (κ3) is 2.78. The maximum atomic E-state index is 12.9. The van der Waals surface area contributed by atoms with Crippen LogP contribution in [0.25, 0.3) is 0 Å². The molecular formula is C17H17N3O5S. The number of aliphatic imine (C=N–C) groups is 1. The Morgan fingerprint density at radius 3 is 2.73 bits per heavy atom. The van der Waals surface area contributed by atoms with E-state index in [-0.39, 0.29) is 28.0 Å². The van der Waals surface area contributed by atoms with Gasteiger partial charge in [-0.05, 0) is 19.4 Å². The van der Waals surface area contributed by atoms with Crippen molar-refractivity contribution in [2.24, 2.45) is 4.99 Å². The van der Waals surface area contributed by atoms with E-state index in [1.165, 1.54) is 29.8 Å². The van der Waals surface area contributed by atoms with E-state index in [4.69, 9.17) is 4.74 Å². The maximum Gasteiger partial charge on any atom is 0.338 e. The van der Waals surface area contributed by atoms with Gasteiger partial charge in [0.15, 0.2) is 5.17 Å². The highest BCUT2D eigenvalue weighted by Crippen LogP contribution is 2.45. The molecule has 1 saturated heterocycles. The number of hydrogen-bond acceptors (Lipinski definition) is 7. The summed E-state index contributed by atoms with van der Waals surface area (Å²) < 4.78 is 4.87. The summed E-state index contributed by atoms with van der Waals surface area (Å²) >= 11 is 1.31. The number of nitrogens with zero attached hydrogens (tertiary/aromatic N) is 3. The number of amidine groups is 1. The fourth-order valence-corrected chi connectivity index (χ4v) is 4.27. The Morgan fingerprint density at radius 1 is 1.42 bits per heavy atom. The van der Waals surface area contributed by atoms with Crippen LogP contribution in [0.1, 0.15) is 31.9 Å². The van der Waals surface area contributed by atoms with E-state index in [1.807, 2.05) is 6.92 Å². The average Bonchev–Trinajstić information content (AvgIpc) is 2.95. The number of hydrogen-bond donors (Lipinski definition) is 0. The summed E-state index contributed by atoms with van der Waals surface area (Å²) in [4.78, 5) is 42.1. The number of allylic oxidation sites excluding steroid dienone is 1. The molecule has 1 aromatic rings. The minimum atomic E-state index is -0.937. The molecule has 8 nitrogen and oxygen atoms in total. The van der Waals surface area contributed by atoms with Gasteiger partial charge in [0.05, 0.1) is 34.1 Å². The minimum absolute atomic E-state index is 0.135. The second-order valence-electron chi connectivity index (χ2n) is 5.83. The lowest BCUT2D eigenvalue weighted by Crippen LogP contribution is -2.41. The van der Waals surface area contributed by atoms with Crippen LogP contribution in [0.5, 0.6) is 0 Å². The first-order valence-electron chi connectivity index (χ1n) is 8.01. The zero-order valence-electron chi connectivity index (χ0n) is 14.5. The van der Waals surface area contributed by atoms with Gasteiger partial charge < -0.3 is 4.74 Å². The van der Waals surface area contributed by atoms with Gasteiger partial charge in [-0.3, -0.25) is 19.8 Å². The molecule has 2 heterocycles. The predicted octanol–water partition coefficient (Wildman–Crippen LogP) is 2.81. The fraction of sp³-hybridized carbons (Fsp3) is 0.353. The molecule has 3 rings (SSSR count). The number of ether oxygens (including phenoxy) is 1. The monoisotopic (exact) mass is 375 g/mol. The zero-order chi connectivity index (χ0) is 19.0. The van der Waals surface area contributed by atoms with Crippen LogP contribution in [0.15, 0.2) is 40.5 Å². The molecule has 0 unspecified atom stereocenters. The summed E-state index contributed by atoms with van der Waals surface area (Å²) in [5.41, 5.74) is 0.626. The van der Waals surface area contributed by atoms with E-state index in [0.717, 1.165) is 0 Å². The van der Waals surface area contributed by atoms with Crippen molar-refractivity contribution in [3.63, 3.8) is 0 Å². The minimum Gasteiger partial charge on any atom is -0.466 e. The van der Waals surface area contributed by atoms with Crippen molar-refractivity contribution in [3.8, 4) is 0 Å². The van der Waals surface area contributed by atoms with Crippen LogP contribution in [0, 0.1) is 10.1 Å². The van der Waals surface area contributed by atoms with Crippen LogP contribution < -0.4 is 0 Å². The van der Waals surface area contributed by atoms with Crippen molar-refractivity contribution in [2.45, 2.75) is 31.6 Å². The second-order valence-corrected chi connectivity index (χ2v) is 7.00. The van der Waals surface area contributed by atoms with Crippen LogP contribution in [-0.2, 0) is 14.3 Å². The quantitative estimate of drug-likeness (QED) is 0.455. The lowest BCUT2D eigenvalue weighted by molar-refractivity contribution is -0.385. The molecule has 0 N–H and O–H groups in total. The van der Waals surface area contributed by atoms with E-state index >= 15 is 0 Å². The number of thioether (sulfide) groups is 1. The zero-order valence-corrected chi connectivity index (χ0v) is 15.3. The molecule has 2 aliphatic heterocycles. The highest BCUT2D eigenvalue weighted by atomic mass is 32.2.